The number of morpholine rings is 1. The van der Waals surface area contributed by atoms with Crippen LogP contribution in [0.2, 0.25) is 5.02 Å². The van der Waals surface area contributed by atoms with Crippen LogP contribution >= 0.6 is 11.6 Å². The molecule has 0 radical (unpaired) electrons. The zero-order valence-corrected chi connectivity index (χ0v) is 17.4. The van der Waals surface area contributed by atoms with Crippen molar-refractivity contribution in [1.82, 2.24) is 0 Å². The first-order chi connectivity index (χ1) is 14.7. The van der Waals surface area contributed by atoms with Crippen molar-refractivity contribution in [2.75, 3.05) is 36.5 Å². The molecule has 3 aromatic carbocycles. The lowest BCUT2D eigenvalue weighted by Gasteiger charge is -2.29. The van der Waals surface area contributed by atoms with E-state index in [-0.39, 0.29) is 12.4 Å². The largest absolute Gasteiger partial charge is 0.488 e. The Hall–Kier alpha value is -2.76. The molecule has 0 spiro atoms. The molecular weight excluding hydrogens is 403 g/mol. The Kier molecular flexibility index (Phi) is 6.72. The van der Waals surface area contributed by atoms with Crippen molar-refractivity contribution in [3.05, 3.63) is 88.7 Å². The maximum atomic E-state index is 13.2. The summed E-state index contributed by atoms with van der Waals surface area (Å²) >= 11 is 6.10. The molecule has 1 fully saturated rings. The van der Waals surface area contributed by atoms with Gasteiger partial charge in [-0.3, -0.25) is 0 Å². The average Bonchev–Trinajstić information content (AvgIpc) is 2.79. The molecule has 3 aromatic rings. The average molecular weight is 427 g/mol. The zero-order valence-electron chi connectivity index (χ0n) is 16.6. The minimum Gasteiger partial charge on any atom is -0.488 e. The fourth-order valence-corrected chi connectivity index (χ4v) is 3.62. The number of ether oxygens (including phenoxy) is 2. The highest BCUT2D eigenvalue weighted by Gasteiger charge is 2.11. The number of anilines is 2. The smallest absolute Gasteiger partial charge is 0.124 e. The van der Waals surface area contributed by atoms with E-state index in [1.165, 1.54) is 17.8 Å². The van der Waals surface area contributed by atoms with Crippen LogP contribution in [0.3, 0.4) is 0 Å². The van der Waals surface area contributed by atoms with Gasteiger partial charge in [0, 0.05) is 42.1 Å². The standard InChI is InChI=1S/C24H24ClFN2O2/c25-23-15-20(26)6-5-19(23)17-30-24-4-2-1-3-18(24)16-27-21-7-9-22(10-8-21)28-11-13-29-14-12-28/h1-10,15,27H,11-14,16-17H2. The molecule has 0 saturated carbocycles. The van der Waals surface area contributed by atoms with Gasteiger partial charge in [-0.25, -0.2) is 4.39 Å². The lowest BCUT2D eigenvalue weighted by Crippen LogP contribution is -2.36. The van der Waals surface area contributed by atoms with Crippen LogP contribution in [0.15, 0.2) is 66.7 Å². The summed E-state index contributed by atoms with van der Waals surface area (Å²) in [7, 11) is 0. The second-order valence-electron chi connectivity index (χ2n) is 7.13. The van der Waals surface area contributed by atoms with E-state index in [4.69, 9.17) is 21.1 Å². The third-order valence-electron chi connectivity index (χ3n) is 5.10. The van der Waals surface area contributed by atoms with Crippen molar-refractivity contribution in [1.29, 1.82) is 0 Å². The van der Waals surface area contributed by atoms with E-state index in [0.29, 0.717) is 11.6 Å². The number of hydrogen-bond acceptors (Lipinski definition) is 4. The topological polar surface area (TPSA) is 33.7 Å². The first-order valence-electron chi connectivity index (χ1n) is 10.0. The molecule has 0 aromatic heterocycles. The van der Waals surface area contributed by atoms with E-state index in [2.05, 4.69) is 34.5 Å². The summed E-state index contributed by atoms with van der Waals surface area (Å²) in [4.78, 5) is 2.33. The van der Waals surface area contributed by atoms with E-state index < -0.39 is 0 Å². The summed E-state index contributed by atoms with van der Waals surface area (Å²) in [6, 6.07) is 20.6. The number of nitrogens with one attached hydrogen (secondary N) is 1. The van der Waals surface area contributed by atoms with Crippen LogP contribution in [0.5, 0.6) is 5.75 Å². The molecule has 1 aliphatic heterocycles. The number of hydrogen-bond donors (Lipinski definition) is 1. The van der Waals surface area contributed by atoms with Crippen LogP contribution in [0.25, 0.3) is 0 Å². The van der Waals surface area contributed by atoms with Gasteiger partial charge in [0.1, 0.15) is 18.2 Å². The van der Waals surface area contributed by atoms with Crippen molar-refractivity contribution >= 4 is 23.0 Å². The molecule has 0 aliphatic carbocycles. The van der Waals surface area contributed by atoms with E-state index >= 15 is 0 Å². The van der Waals surface area contributed by atoms with E-state index in [1.54, 1.807) is 6.07 Å². The predicted molar refractivity (Wildman–Crippen MR) is 119 cm³/mol. The lowest BCUT2D eigenvalue weighted by atomic mass is 10.2. The third kappa shape index (κ3) is 5.23. The summed E-state index contributed by atoms with van der Waals surface area (Å²) in [5.41, 5.74) is 4.04. The Balaban J connectivity index is 1.37. The van der Waals surface area contributed by atoms with Gasteiger partial charge in [0.2, 0.25) is 0 Å². The van der Waals surface area contributed by atoms with Gasteiger partial charge in [-0.05, 0) is 42.5 Å². The molecule has 0 atom stereocenters. The summed E-state index contributed by atoms with van der Waals surface area (Å²) in [6.07, 6.45) is 0. The second kappa shape index (κ2) is 9.83. The van der Waals surface area contributed by atoms with Crippen LogP contribution in [0.4, 0.5) is 15.8 Å². The molecule has 30 heavy (non-hydrogen) atoms. The second-order valence-corrected chi connectivity index (χ2v) is 7.54. The third-order valence-corrected chi connectivity index (χ3v) is 5.45. The number of para-hydroxylation sites is 1. The van der Waals surface area contributed by atoms with Gasteiger partial charge >= 0.3 is 0 Å². The van der Waals surface area contributed by atoms with Gasteiger partial charge in [0.05, 0.1) is 18.2 Å². The van der Waals surface area contributed by atoms with Gasteiger partial charge in [-0.15, -0.1) is 0 Å². The number of nitrogens with zero attached hydrogens (tertiary/aromatic N) is 1. The van der Waals surface area contributed by atoms with Gasteiger partial charge < -0.3 is 19.7 Å². The molecule has 6 heteroatoms. The molecule has 1 aliphatic rings. The van der Waals surface area contributed by atoms with Crippen LogP contribution in [-0.4, -0.2) is 26.3 Å². The molecule has 0 unspecified atom stereocenters. The highest BCUT2D eigenvalue weighted by atomic mass is 35.5. The van der Waals surface area contributed by atoms with Crippen LogP contribution in [-0.2, 0) is 17.9 Å². The number of benzene rings is 3. The molecular formula is C24H24ClFN2O2. The molecule has 0 bridgehead atoms. The van der Waals surface area contributed by atoms with Gasteiger partial charge in [-0.1, -0.05) is 35.9 Å². The van der Waals surface area contributed by atoms with Crippen molar-refractivity contribution in [3.8, 4) is 5.75 Å². The number of halogens is 2. The van der Waals surface area contributed by atoms with Crippen molar-refractivity contribution in [2.45, 2.75) is 13.2 Å². The fraction of sp³-hybridized carbons (Fsp3) is 0.250. The Morgan fingerprint density at radius 2 is 1.73 bits per heavy atom. The van der Waals surface area contributed by atoms with Gasteiger partial charge in [0.25, 0.3) is 0 Å². The minimum atomic E-state index is -0.354. The molecule has 4 nitrogen and oxygen atoms in total. The summed E-state index contributed by atoms with van der Waals surface area (Å²) < 4.78 is 24.6. The Morgan fingerprint density at radius 3 is 2.50 bits per heavy atom. The summed E-state index contributed by atoms with van der Waals surface area (Å²) in [5, 5.41) is 3.82. The molecule has 4 rings (SSSR count). The monoisotopic (exact) mass is 426 g/mol. The first kappa shape index (κ1) is 20.5. The summed E-state index contributed by atoms with van der Waals surface area (Å²) in [5.74, 6) is 0.420. The van der Waals surface area contributed by atoms with Crippen molar-refractivity contribution < 1.29 is 13.9 Å². The van der Waals surface area contributed by atoms with Crippen molar-refractivity contribution in [2.24, 2.45) is 0 Å². The molecule has 1 N–H and O–H groups in total. The van der Waals surface area contributed by atoms with Crippen LogP contribution in [0, 0.1) is 5.82 Å². The Labute approximate surface area is 181 Å². The highest BCUT2D eigenvalue weighted by Crippen LogP contribution is 2.24. The molecule has 0 amide bonds. The normalized spacial score (nSPS) is 13.9. The van der Waals surface area contributed by atoms with Crippen molar-refractivity contribution in [3.63, 3.8) is 0 Å². The van der Waals surface area contributed by atoms with Crippen LogP contribution in [0.1, 0.15) is 11.1 Å². The zero-order chi connectivity index (χ0) is 20.8. The fourth-order valence-electron chi connectivity index (χ4n) is 3.39. The quantitative estimate of drug-likeness (QED) is 0.540. The Morgan fingerprint density at radius 1 is 0.967 bits per heavy atom. The first-order valence-corrected chi connectivity index (χ1v) is 10.4. The maximum Gasteiger partial charge on any atom is 0.124 e. The predicted octanol–water partition coefficient (Wildman–Crippen LogP) is 5.51. The van der Waals surface area contributed by atoms with E-state index in [9.17, 15) is 4.39 Å². The van der Waals surface area contributed by atoms with Crippen LogP contribution < -0.4 is 15.0 Å². The minimum absolute atomic E-state index is 0.282. The molecule has 1 saturated heterocycles. The highest BCUT2D eigenvalue weighted by molar-refractivity contribution is 6.31. The van der Waals surface area contributed by atoms with E-state index in [0.717, 1.165) is 48.9 Å². The number of rotatable bonds is 7. The van der Waals surface area contributed by atoms with Gasteiger partial charge in [-0.2, -0.15) is 0 Å². The lowest BCUT2D eigenvalue weighted by molar-refractivity contribution is 0.122. The summed E-state index contributed by atoms with van der Waals surface area (Å²) in [6.45, 7) is 4.32. The Bertz CT molecular complexity index is 975. The molecule has 1 heterocycles. The maximum absolute atomic E-state index is 13.2. The molecule has 156 valence electrons. The SMILES string of the molecule is Fc1ccc(COc2ccccc2CNc2ccc(N3CCOCC3)cc2)c(Cl)c1. The van der Waals surface area contributed by atoms with Gasteiger partial charge in [0.15, 0.2) is 0 Å². The van der Waals surface area contributed by atoms with E-state index in [1.807, 2.05) is 24.3 Å².